The Labute approximate surface area is 195 Å². The van der Waals surface area contributed by atoms with E-state index in [-0.39, 0.29) is 17.6 Å². The SMILES string of the molecule is COc1ccc(C(=O)NNC(=S)Nc2ccc(C)cc2)cc1COc1ccc(Br)cc1. The zero-order chi connectivity index (χ0) is 22.2. The summed E-state index contributed by atoms with van der Waals surface area (Å²) in [5.74, 6) is 1.02. The number of hydrazine groups is 1. The summed E-state index contributed by atoms with van der Waals surface area (Å²) in [6, 6.07) is 20.4. The van der Waals surface area contributed by atoms with E-state index >= 15 is 0 Å². The van der Waals surface area contributed by atoms with Gasteiger partial charge in [-0.3, -0.25) is 15.6 Å². The molecule has 3 aromatic carbocycles. The Morgan fingerprint density at radius 1 is 1.00 bits per heavy atom. The summed E-state index contributed by atoms with van der Waals surface area (Å²) >= 11 is 8.62. The molecule has 0 aliphatic carbocycles. The lowest BCUT2D eigenvalue weighted by Gasteiger charge is -2.14. The van der Waals surface area contributed by atoms with Crippen molar-refractivity contribution in [3.63, 3.8) is 0 Å². The van der Waals surface area contributed by atoms with Crippen molar-refractivity contribution in [2.45, 2.75) is 13.5 Å². The van der Waals surface area contributed by atoms with Crippen molar-refractivity contribution in [2.24, 2.45) is 0 Å². The van der Waals surface area contributed by atoms with Crippen LogP contribution in [0.2, 0.25) is 0 Å². The second kappa shape index (κ2) is 10.8. The molecule has 3 rings (SSSR count). The number of anilines is 1. The molecule has 0 spiro atoms. The summed E-state index contributed by atoms with van der Waals surface area (Å²) in [6.45, 7) is 2.26. The lowest BCUT2D eigenvalue weighted by Crippen LogP contribution is -2.43. The van der Waals surface area contributed by atoms with E-state index in [1.165, 1.54) is 0 Å². The number of carbonyl (C=O) groups is 1. The fourth-order valence-electron chi connectivity index (χ4n) is 2.71. The second-order valence-corrected chi connectivity index (χ2v) is 7.99. The highest BCUT2D eigenvalue weighted by molar-refractivity contribution is 9.10. The molecule has 0 atom stereocenters. The largest absolute Gasteiger partial charge is 0.496 e. The van der Waals surface area contributed by atoms with Crippen LogP contribution >= 0.6 is 28.1 Å². The Hall–Kier alpha value is -3.10. The third kappa shape index (κ3) is 6.70. The fraction of sp³-hybridized carbons (Fsp3) is 0.130. The first-order valence-corrected chi connectivity index (χ1v) is 10.6. The van der Waals surface area contributed by atoms with Crippen LogP contribution < -0.4 is 25.6 Å². The topological polar surface area (TPSA) is 71.6 Å². The van der Waals surface area contributed by atoms with Crippen molar-refractivity contribution in [1.29, 1.82) is 0 Å². The van der Waals surface area contributed by atoms with Gasteiger partial charge in [0.05, 0.1) is 7.11 Å². The molecular weight excluding hydrogens is 478 g/mol. The fourth-order valence-corrected chi connectivity index (χ4v) is 3.14. The third-order valence-corrected chi connectivity index (χ3v) is 5.08. The molecule has 1 amide bonds. The predicted molar refractivity (Wildman–Crippen MR) is 129 cm³/mol. The van der Waals surface area contributed by atoms with E-state index in [0.29, 0.717) is 17.1 Å². The zero-order valence-electron chi connectivity index (χ0n) is 17.1. The van der Waals surface area contributed by atoms with E-state index in [4.69, 9.17) is 21.7 Å². The number of methoxy groups -OCH3 is 1. The van der Waals surface area contributed by atoms with Gasteiger partial charge in [0.1, 0.15) is 18.1 Å². The van der Waals surface area contributed by atoms with E-state index in [0.717, 1.165) is 21.3 Å². The van der Waals surface area contributed by atoms with E-state index < -0.39 is 0 Å². The number of nitrogens with one attached hydrogen (secondary N) is 3. The summed E-state index contributed by atoms with van der Waals surface area (Å²) in [4.78, 5) is 12.6. The van der Waals surface area contributed by atoms with E-state index in [1.807, 2.05) is 55.5 Å². The number of amides is 1. The first-order valence-electron chi connectivity index (χ1n) is 9.44. The minimum atomic E-state index is -0.333. The molecule has 3 N–H and O–H groups in total. The molecule has 31 heavy (non-hydrogen) atoms. The van der Waals surface area contributed by atoms with Crippen LogP contribution in [0.5, 0.6) is 11.5 Å². The van der Waals surface area contributed by atoms with Gasteiger partial charge in [-0.15, -0.1) is 0 Å². The number of ether oxygens (including phenoxy) is 2. The van der Waals surface area contributed by atoms with Crippen molar-refractivity contribution < 1.29 is 14.3 Å². The second-order valence-electron chi connectivity index (χ2n) is 6.67. The normalized spacial score (nSPS) is 10.2. The maximum absolute atomic E-state index is 12.6. The maximum Gasteiger partial charge on any atom is 0.269 e. The lowest BCUT2D eigenvalue weighted by atomic mass is 10.1. The Bertz CT molecular complexity index is 1060. The van der Waals surface area contributed by atoms with Crippen molar-refractivity contribution in [3.8, 4) is 11.5 Å². The Balaban J connectivity index is 1.59. The number of carbonyl (C=O) groups excluding carboxylic acids is 1. The van der Waals surface area contributed by atoms with E-state index in [1.54, 1.807) is 25.3 Å². The van der Waals surface area contributed by atoms with Crippen molar-refractivity contribution >= 4 is 44.9 Å². The first kappa shape index (κ1) is 22.6. The monoisotopic (exact) mass is 499 g/mol. The molecule has 0 radical (unpaired) electrons. The summed E-state index contributed by atoms with van der Waals surface area (Å²) in [7, 11) is 1.58. The van der Waals surface area contributed by atoms with Gasteiger partial charge in [-0.2, -0.15) is 0 Å². The molecule has 0 bridgehead atoms. The van der Waals surface area contributed by atoms with Crippen LogP contribution in [0.3, 0.4) is 0 Å². The zero-order valence-corrected chi connectivity index (χ0v) is 19.5. The lowest BCUT2D eigenvalue weighted by molar-refractivity contribution is 0.0944. The molecule has 0 aromatic heterocycles. The number of rotatable bonds is 6. The van der Waals surface area contributed by atoms with E-state index in [9.17, 15) is 4.79 Å². The van der Waals surface area contributed by atoms with Gasteiger partial charge in [-0.05, 0) is 73.7 Å². The van der Waals surface area contributed by atoms with Crippen LogP contribution in [0.4, 0.5) is 5.69 Å². The van der Waals surface area contributed by atoms with Crippen LogP contribution in [0.25, 0.3) is 0 Å². The van der Waals surface area contributed by atoms with Crippen molar-refractivity contribution in [3.05, 3.63) is 87.9 Å². The van der Waals surface area contributed by atoms with Gasteiger partial charge < -0.3 is 14.8 Å². The number of halogens is 1. The molecule has 0 saturated carbocycles. The Morgan fingerprint density at radius 2 is 1.71 bits per heavy atom. The minimum absolute atomic E-state index is 0.257. The average Bonchev–Trinajstić information content (AvgIpc) is 2.78. The molecule has 0 saturated heterocycles. The summed E-state index contributed by atoms with van der Waals surface area (Å²) in [5.41, 5.74) is 8.48. The molecule has 0 fully saturated rings. The minimum Gasteiger partial charge on any atom is -0.496 e. The Morgan fingerprint density at radius 3 is 2.39 bits per heavy atom. The van der Waals surface area contributed by atoms with Gasteiger partial charge in [-0.1, -0.05) is 33.6 Å². The van der Waals surface area contributed by atoms with Gasteiger partial charge in [0, 0.05) is 21.3 Å². The Kier molecular flexibility index (Phi) is 7.86. The van der Waals surface area contributed by atoms with Crippen molar-refractivity contribution in [2.75, 3.05) is 12.4 Å². The predicted octanol–water partition coefficient (Wildman–Crippen LogP) is 4.98. The highest BCUT2D eigenvalue weighted by atomic mass is 79.9. The highest BCUT2D eigenvalue weighted by Crippen LogP contribution is 2.23. The van der Waals surface area contributed by atoms with Gasteiger partial charge in [0.15, 0.2) is 5.11 Å². The molecule has 0 heterocycles. The maximum atomic E-state index is 12.6. The molecule has 0 aliphatic heterocycles. The standard InChI is InChI=1S/C23H22BrN3O3S/c1-15-3-8-19(9-4-15)25-23(31)27-26-22(28)16-5-12-21(29-2)17(13-16)14-30-20-10-6-18(24)7-11-20/h3-13H,14H2,1-2H3,(H,26,28)(H2,25,27,31). The number of hydrogen-bond acceptors (Lipinski definition) is 4. The van der Waals surface area contributed by atoms with Crippen LogP contribution in [0.1, 0.15) is 21.5 Å². The highest BCUT2D eigenvalue weighted by Gasteiger charge is 2.11. The van der Waals surface area contributed by atoms with E-state index in [2.05, 4.69) is 32.1 Å². The van der Waals surface area contributed by atoms with Crippen LogP contribution in [0.15, 0.2) is 71.2 Å². The number of hydrogen-bond donors (Lipinski definition) is 3. The van der Waals surface area contributed by atoms with Crippen molar-refractivity contribution in [1.82, 2.24) is 10.9 Å². The number of benzene rings is 3. The average molecular weight is 500 g/mol. The molecule has 160 valence electrons. The summed E-state index contributed by atoms with van der Waals surface area (Å²) in [6.07, 6.45) is 0. The number of thiocarbonyl (C=S) groups is 1. The van der Waals surface area contributed by atoms with Crippen LogP contribution in [-0.2, 0) is 6.61 Å². The molecule has 3 aromatic rings. The van der Waals surface area contributed by atoms with Gasteiger partial charge in [0.25, 0.3) is 5.91 Å². The molecule has 0 aliphatic rings. The summed E-state index contributed by atoms with van der Waals surface area (Å²) < 4.78 is 12.2. The van der Waals surface area contributed by atoms with Gasteiger partial charge in [0.2, 0.25) is 0 Å². The summed E-state index contributed by atoms with van der Waals surface area (Å²) in [5, 5.41) is 3.29. The van der Waals surface area contributed by atoms with Crippen LogP contribution in [0, 0.1) is 6.92 Å². The quantitative estimate of drug-likeness (QED) is 0.328. The third-order valence-electron chi connectivity index (χ3n) is 4.35. The first-order chi connectivity index (χ1) is 14.9. The molecular formula is C23H22BrN3O3S. The number of aryl methyl sites for hydroxylation is 1. The smallest absolute Gasteiger partial charge is 0.269 e. The molecule has 6 nitrogen and oxygen atoms in total. The van der Waals surface area contributed by atoms with Crippen LogP contribution in [-0.4, -0.2) is 18.1 Å². The van der Waals surface area contributed by atoms with Gasteiger partial charge in [-0.25, -0.2) is 0 Å². The van der Waals surface area contributed by atoms with Gasteiger partial charge >= 0.3 is 0 Å². The molecule has 8 heteroatoms. The molecule has 0 unspecified atom stereocenters.